The van der Waals surface area contributed by atoms with E-state index in [1.807, 2.05) is 18.2 Å². The van der Waals surface area contributed by atoms with Gasteiger partial charge in [-0.25, -0.2) is 0 Å². The lowest BCUT2D eigenvalue weighted by Gasteiger charge is -2.18. The first-order valence-corrected chi connectivity index (χ1v) is 7.47. The highest BCUT2D eigenvalue weighted by atomic mass is 35.5. The number of hydrogen-bond donors (Lipinski definition) is 0. The fraction of sp³-hybridized carbons (Fsp3) is 0.625. The van der Waals surface area contributed by atoms with E-state index >= 15 is 0 Å². The van der Waals surface area contributed by atoms with E-state index in [0.29, 0.717) is 18.4 Å². The Morgan fingerprint density at radius 2 is 1.94 bits per heavy atom. The van der Waals surface area contributed by atoms with E-state index in [9.17, 15) is 0 Å². The molecule has 0 N–H and O–H groups in total. The first-order chi connectivity index (χ1) is 8.76. The molecule has 0 aliphatic heterocycles. The van der Waals surface area contributed by atoms with Crippen LogP contribution in [0.15, 0.2) is 30.3 Å². The second-order valence-corrected chi connectivity index (χ2v) is 5.46. The second kappa shape index (κ2) is 9.41. The van der Waals surface area contributed by atoms with Crippen molar-refractivity contribution in [3.63, 3.8) is 0 Å². The number of hydrogen-bond acceptors (Lipinski definition) is 1. The van der Waals surface area contributed by atoms with Crippen LogP contribution in [0.4, 0.5) is 0 Å². The Morgan fingerprint density at radius 3 is 2.56 bits per heavy atom. The Bertz CT molecular complexity index is 299. The Morgan fingerprint density at radius 1 is 1.22 bits per heavy atom. The van der Waals surface area contributed by atoms with Gasteiger partial charge in [0.1, 0.15) is 0 Å². The molecule has 0 heterocycles. The van der Waals surface area contributed by atoms with Crippen molar-refractivity contribution in [1.82, 2.24) is 0 Å². The lowest BCUT2D eigenvalue weighted by molar-refractivity contribution is 0.0845. The monoisotopic (exact) mass is 268 g/mol. The zero-order chi connectivity index (χ0) is 13.2. The molecule has 0 bridgehead atoms. The maximum Gasteiger partial charge on any atom is 0.0717 e. The Hall–Kier alpha value is -0.530. The zero-order valence-electron chi connectivity index (χ0n) is 11.6. The average Bonchev–Trinajstić information content (AvgIpc) is 2.39. The van der Waals surface area contributed by atoms with E-state index < -0.39 is 0 Å². The van der Waals surface area contributed by atoms with Crippen LogP contribution >= 0.6 is 11.6 Å². The third-order valence-electron chi connectivity index (χ3n) is 3.16. The fourth-order valence-corrected chi connectivity index (χ4v) is 2.54. The van der Waals surface area contributed by atoms with Crippen LogP contribution < -0.4 is 0 Å². The molecule has 0 fully saturated rings. The first-order valence-electron chi connectivity index (χ1n) is 6.93. The lowest BCUT2D eigenvalue weighted by atomic mass is 9.94. The minimum atomic E-state index is 0.587. The molecule has 0 amide bonds. The van der Waals surface area contributed by atoms with Crippen LogP contribution in [-0.4, -0.2) is 12.5 Å². The summed E-state index contributed by atoms with van der Waals surface area (Å²) in [5, 5.41) is 0. The van der Waals surface area contributed by atoms with Gasteiger partial charge >= 0.3 is 0 Å². The third kappa shape index (κ3) is 6.42. The van der Waals surface area contributed by atoms with Gasteiger partial charge in [-0.15, -0.1) is 11.6 Å². The molecule has 2 heteroatoms. The van der Waals surface area contributed by atoms with E-state index in [1.54, 1.807) is 0 Å². The Kier molecular flexibility index (Phi) is 8.11. The zero-order valence-corrected chi connectivity index (χ0v) is 12.3. The predicted octanol–water partition coefficient (Wildman–Crippen LogP) is 4.88. The molecule has 1 aromatic carbocycles. The summed E-state index contributed by atoms with van der Waals surface area (Å²) in [5.41, 5.74) is 1.24. The SMILES string of the molecule is CCCC(CCl)CC(C)COCc1ccccc1. The van der Waals surface area contributed by atoms with E-state index in [1.165, 1.54) is 24.8 Å². The van der Waals surface area contributed by atoms with Crippen LogP contribution in [0.3, 0.4) is 0 Å². The van der Waals surface area contributed by atoms with E-state index in [2.05, 4.69) is 26.0 Å². The van der Waals surface area contributed by atoms with Crippen molar-refractivity contribution in [2.75, 3.05) is 12.5 Å². The van der Waals surface area contributed by atoms with Gasteiger partial charge in [-0.1, -0.05) is 50.6 Å². The summed E-state index contributed by atoms with van der Waals surface area (Å²) >= 11 is 5.98. The van der Waals surface area contributed by atoms with Crippen molar-refractivity contribution >= 4 is 11.6 Å². The van der Waals surface area contributed by atoms with E-state index in [4.69, 9.17) is 16.3 Å². The standard InChI is InChI=1S/C16H25ClO/c1-3-7-16(11-17)10-14(2)12-18-13-15-8-5-4-6-9-15/h4-6,8-9,14,16H,3,7,10-13H2,1-2H3. The highest BCUT2D eigenvalue weighted by molar-refractivity contribution is 6.18. The summed E-state index contributed by atoms with van der Waals surface area (Å²) < 4.78 is 5.76. The van der Waals surface area contributed by atoms with Crippen molar-refractivity contribution in [2.45, 2.75) is 39.7 Å². The highest BCUT2D eigenvalue weighted by Gasteiger charge is 2.11. The van der Waals surface area contributed by atoms with Gasteiger partial charge in [0.15, 0.2) is 0 Å². The van der Waals surface area contributed by atoms with Gasteiger partial charge in [-0.2, -0.15) is 0 Å². The third-order valence-corrected chi connectivity index (χ3v) is 3.60. The number of benzene rings is 1. The first kappa shape index (κ1) is 15.5. The molecule has 0 aromatic heterocycles. The quantitative estimate of drug-likeness (QED) is 0.580. The maximum absolute atomic E-state index is 5.98. The highest BCUT2D eigenvalue weighted by Crippen LogP contribution is 2.19. The van der Waals surface area contributed by atoms with Crippen molar-refractivity contribution in [1.29, 1.82) is 0 Å². The number of ether oxygens (including phenoxy) is 1. The van der Waals surface area contributed by atoms with Crippen LogP contribution in [0.5, 0.6) is 0 Å². The van der Waals surface area contributed by atoms with Gasteiger partial charge in [0.05, 0.1) is 6.61 Å². The Labute approximate surface area is 116 Å². The van der Waals surface area contributed by atoms with Gasteiger partial charge < -0.3 is 4.74 Å². The molecule has 1 nitrogen and oxygen atoms in total. The van der Waals surface area contributed by atoms with Crippen LogP contribution in [0.25, 0.3) is 0 Å². The Balaban J connectivity index is 2.18. The molecule has 2 unspecified atom stereocenters. The van der Waals surface area contributed by atoms with Gasteiger partial charge in [0, 0.05) is 12.5 Å². The lowest BCUT2D eigenvalue weighted by Crippen LogP contribution is -2.13. The van der Waals surface area contributed by atoms with Crippen molar-refractivity contribution in [2.24, 2.45) is 11.8 Å². The molecule has 1 aromatic rings. The average molecular weight is 269 g/mol. The van der Waals surface area contributed by atoms with Crippen molar-refractivity contribution in [3.8, 4) is 0 Å². The second-order valence-electron chi connectivity index (χ2n) is 5.15. The molecular formula is C16H25ClO. The van der Waals surface area contributed by atoms with Crippen molar-refractivity contribution < 1.29 is 4.74 Å². The summed E-state index contributed by atoms with van der Waals surface area (Å²) in [6, 6.07) is 10.3. The van der Waals surface area contributed by atoms with E-state index in [-0.39, 0.29) is 0 Å². The summed E-state index contributed by atoms with van der Waals surface area (Å²) in [6.45, 7) is 6.01. The molecule has 2 atom stereocenters. The molecule has 0 saturated carbocycles. The smallest absolute Gasteiger partial charge is 0.0717 e. The summed E-state index contributed by atoms with van der Waals surface area (Å²) in [4.78, 5) is 0. The molecule has 0 aliphatic rings. The van der Waals surface area contributed by atoms with Crippen LogP contribution in [0.1, 0.15) is 38.7 Å². The molecular weight excluding hydrogens is 244 g/mol. The molecule has 1 rings (SSSR count). The minimum absolute atomic E-state index is 0.587. The number of halogens is 1. The maximum atomic E-state index is 5.98. The van der Waals surface area contributed by atoms with Gasteiger partial charge in [-0.05, 0) is 30.2 Å². The predicted molar refractivity (Wildman–Crippen MR) is 79.0 cm³/mol. The molecule has 102 valence electrons. The fourth-order valence-electron chi connectivity index (χ4n) is 2.26. The van der Waals surface area contributed by atoms with Crippen molar-refractivity contribution in [3.05, 3.63) is 35.9 Å². The largest absolute Gasteiger partial charge is 0.376 e. The van der Waals surface area contributed by atoms with Crippen LogP contribution in [0, 0.1) is 11.8 Å². The molecule has 0 aliphatic carbocycles. The number of rotatable bonds is 9. The molecule has 0 radical (unpaired) electrons. The molecule has 18 heavy (non-hydrogen) atoms. The van der Waals surface area contributed by atoms with Crippen LogP contribution in [-0.2, 0) is 11.3 Å². The van der Waals surface area contributed by atoms with E-state index in [0.717, 1.165) is 12.5 Å². The summed E-state index contributed by atoms with van der Waals surface area (Å²) in [5.74, 6) is 2.01. The topological polar surface area (TPSA) is 9.23 Å². The normalized spacial score (nSPS) is 14.4. The van der Waals surface area contributed by atoms with Gasteiger partial charge in [0.25, 0.3) is 0 Å². The number of alkyl halides is 1. The van der Waals surface area contributed by atoms with Crippen LogP contribution in [0.2, 0.25) is 0 Å². The molecule has 0 spiro atoms. The minimum Gasteiger partial charge on any atom is -0.376 e. The summed E-state index contributed by atoms with van der Waals surface area (Å²) in [6.07, 6.45) is 3.62. The van der Waals surface area contributed by atoms with Gasteiger partial charge in [-0.3, -0.25) is 0 Å². The molecule has 0 saturated heterocycles. The summed E-state index contributed by atoms with van der Waals surface area (Å²) in [7, 11) is 0. The van der Waals surface area contributed by atoms with Gasteiger partial charge in [0.2, 0.25) is 0 Å².